The van der Waals surface area contributed by atoms with Gasteiger partial charge in [-0.25, -0.2) is 0 Å². The van der Waals surface area contributed by atoms with Gasteiger partial charge in [-0.15, -0.1) is 11.3 Å². The summed E-state index contributed by atoms with van der Waals surface area (Å²) in [6.07, 6.45) is 1.84. The first kappa shape index (κ1) is 7.54. The highest BCUT2D eigenvalue weighted by atomic mass is 32.1. The van der Waals surface area contributed by atoms with Crippen molar-refractivity contribution in [2.24, 2.45) is 0 Å². The van der Waals surface area contributed by atoms with Crippen LogP contribution in [0.5, 0.6) is 0 Å². The van der Waals surface area contributed by atoms with Crippen LogP contribution in [0.25, 0.3) is 0 Å². The van der Waals surface area contributed by atoms with Crippen molar-refractivity contribution in [2.75, 3.05) is 5.32 Å². The third-order valence-electron chi connectivity index (χ3n) is 0.931. The molecule has 10 heavy (non-hydrogen) atoms. The summed E-state index contributed by atoms with van der Waals surface area (Å²) >= 11 is 1.63. The van der Waals surface area contributed by atoms with Crippen molar-refractivity contribution < 1.29 is 0 Å². The molecule has 0 aliphatic heterocycles. The van der Waals surface area contributed by atoms with Gasteiger partial charge in [-0.1, -0.05) is 0 Å². The quantitative estimate of drug-likeness (QED) is 0.675. The first-order valence-corrected chi connectivity index (χ1v) is 4.12. The molecule has 1 N–H and O–H groups in total. The fourth-order valence-corrected chi connectivity index (χ4v) is 1.37. The van der Waals surface area contributed by atoms with Gasteiger partial charge in [0.1, 0.15) is 5.00 Å². The lowest BCUT2D eigenvalue weighted by molar-refractivity contribution is 0.636. The van der Waals surface area contributed by atoms with Crippen molar-refractivity contribution in [1.29, 1.82) is 0 Å². The lowest BCUT2D eigenvalue weighted by Crippen LogP contribution is -2.25. The Morgan fingerprint density at radius 1 is 1.50 bits per heavy atom. The van der Waals surface area contributed by atoms with E-state index in [0.717, 1.165) is 5.00 Å². The highest BCUT2D eigenvalue weighted by molar-refractivity contribution is 7.13. The highest BCUT2D eigenvalue weighted by Crippen LogP contribution is 2.17. The van der Waals surface area contributed by atoms with Gasteiger partial charge in [0.05, 0.1) is 11.7 Å². The van der Waals surface area contributed by atoms with E-state index in [4.69, 9.17) is 0 Å². The Morgan fingerprint density at radius 3 is 2.60 bits per heavy atom. The number of nitrogens with one attached hydrogen (secondary N) is 1. The molecule has 1 aromatic heterocycles. The summed E-state index contributed by atoms with van der Waals surface area (Å²) in [4.78, 5) is 3.96. The van der Waals surface area contributed by atoms with Gasteiger partial charge in [-0.2, -0.15) is 0 Å². The summed E-state index contributed by atoms with van der Waals surface area (Å²) in [5.41, 5.74) is 1.97. The van der Waals surface area contributed by atoms with Crippen LogP contribution in [0.4, 0.5) is 5.00 Å². The number of anilines is 1. The van der Waals surface area contributed by atoms with Crippen molar-refractivity contribution in [3.05, 3.63) is 11.7 Å². The second-order valence-electron chi connectivity index (χ2n) is 3.24. The zero-order valence-corrected chi connectivity index (χ0v) is 7.33. The Labute approximate surface area is 65.3 Å². The second kappa shape index (κ2) is 2.58. The summed E-state index contributed by atoms with van der Waals surface area (Å²) in [6.45, 7) is 6.40. The molecule has 0 fully saturated rings. The van der Waals surface area contributed by atoms with E-state index in [2.05, 4.69) is 31.1 Å². The van der Waals surface area contributed by atoms with E-state index in [1.807, 2.05) is 11.7 Å². The molecule has 0 spiro atoms. The van der Waals surface area contributed by atoms with Gasteiger partial charge >= 0.3 is 0 Å². The molecule has 2 nitrogen and oxygen atoms in total. The van der Waals surface area contributed by atoms with Crippen LogP contribution in [0.2, 0.25) is 0 Å². The monoisotopic (exact) mass is 156 g/mol. The van der Waals surface area contributed by atoms with Crippen LogP contribution >= 0.6 is 11.3 Å². The number of thiazole rings is 1. The molecule has 0 aliphatic rings. The van der Waals surface area contributed by atoms with Crippen LogP contribution < -0.4 is 5.32 Å². The van der Waals surface area contributed by atoms with Crippen LogP contribution in [0.3, 0.4) is 0 Å². The van der Waals surface area contributed by atoms with E-state index >= 15 is 0 Å². The van der Waals surface area contributed by atoms with Crippen LogP contribution in [-0.2, 0) is 0 Å². The van der Waals surface area contributed by atoms with Gasteiger partial charge in [0.15, 0.2) is 0 Å². The highest BCUT2D eigenvalue weighted by Gasteiger charge is 2.08. The summed E-state index contributed by atoms with van der Waals surface area (Å²) in [6, 6.07) is 0. The zero-order chi connectivity index (χ0) is 7.61. The molecule has 0 saturated carbocycles. The molecule has 56 valence electrons. The Morgan fingerprint density at radius 2 is 2.20 bits per heavy atom. The maximum Gasteiger partial charge on any atom is 0.109 e. The smallest absolute Gasteiger partial charge is 0.109 e. The number of aromatic nitrogens is 1. The number of nitrogens with zero attached hydrogens (tertiary/aromatic N) is 1. The molecule has 3 heteroatoms. The van der Waals surface area contributed by atoms with Crippen LogP contribution in [0, 0.1) is 0 Å². The Balaban J connectivity index is 2.57. The summed E-state index contributed by atoms with van der Waals surface area (Å²) in [7, 11) is 0. The molecule has 0 bridgehead atoms. The molecule has 0 amide bonds. The van der Waals surface area contributed by atoms with E-state index in [1.54, 1.807) is 11.3 Å². The zero-order valence-electron chi connectivity index (χ0n) is 6.51. The molecular formula is C7H12N2S. The van der Waals surface area contributed by atoms with E-state index in [9.17, 15) is 0 Å². The molecule has 0 aromatic carbocycles. The van der Waals surface area contributed by atoms with Gasteiger partial charge in [0, 0.05) is 5.54 Å². The molecule has 0 aliphatic carbocycles. The molecular weight excluding hydrogens is 144 g/mol. The number of hydrogen-bond donors (Lipinski definition) is 1. The van der Waals surface area contributed by atoms with Crippen molar-refractivity contribution in [3.63, 3.8) is 0 Å². The van der Waals surface area contributed by atoms with E-state index in [1.165, 1.54) is 0 Å². The average Bonchev–Trinajstić information content (AvgIpc) is 2.12. The average molecular weight is 156 g/mol. The van der Waals surface area contributed by atoms with Crippen molar-refractivity contribution in [2.45, 2.75) is 26.3 Å². The standard InChI is InChI=1S/C7H12N2S/c1-7(2,3)9-6-4-8-5-10-6/h4-5,9H,1-3H3. The van der Waals surface area contributed by atoms with Crippen LogP contribution in [-0.4, -0.2) is 10.5 Å². The minimum absolute atomic E-state index is 0.145. The maximum absolute atomic E-state index is 3.96. The molecule has 0 unspecified atom stereocenters. The van der Waals surface area contributed by atoms with Crippen LogP contribution in [0.15, 0.2) is 11.7 Å². The van der Waals surface area contributed by atoms with Gasteiger partial charge in [0.2, 0.25) is 0 Å². The van der Waals surface area contributed by atoms with Crippen molar-refractivity contribution >= 4 is 16.3 Å². The summed E-state index contributed by atoms with van der Waals surface area (Å²) in [5.74, 6) is 0. The first-order valence-electron chi connectivity index (χ1n) is 3.24. The molecule has 1 heterocycles. The van der Waals surface area contributed by atoms with E-state index in [-0.39, 0.29) is 5.54 Å². The maximum atomic E-state index is 3.96. The molecule has 0 radical (unpaired) electrons. The predicted molar refractivity (Wildman–Crippen MR) is 45.5 cm³/mol. The molecule has 0 saturated heterocycles. The van der Waals surface area contributed by atoms with E-state index in [0.29, 0.717) is 0 Å². The molecule has 1 aromatic rings. The normalized spacial score (nSPS) is 11.5. The third kappa shape index (κ3) is 2.35. The van der Waals surface area contributed by atoms with Gasteiger partial charge in [-0.3, -0.25) is 4.98 Å². The Kier molecular flexibility index (Phi) is 1.94. The van der Waals surface area contributed by atoms with Crippen LogP contribution in [0.1, 0.15) is 20.8 Å². The lowest BCUT2D eigenvalue weighted by atomic mass is 10.1. The second-order valence-corrected chi connectivity index (χ2v) is 4.13. The topological polar surface area (TPSA) is 24.9 Å². The van der Waals surface area contributed by atoms with Crippen molar-refractivity contribution in [1.82, 2.24) is 4.98 Å². The van der Waals surface area contributed by atoms with Gasteiger partial charge in [-0.05, 0) is 20.8 Å². The van der Waals surface area contributed by atoms with E-state index < -0.39 is 0 Å². The summed E-state index contributed by atoms with van der Waals surface area (Å²) < 4.78 is 0. The minimum Gasteiger partial charge on any atom is -0.371 e. The van der Waals surface area contributed by atoms with Gasteiger partial charge < -0.3 is 5.32 Å². The predicted octanol–water partition coefficient (Wildman–Crippen LogP) is 2.35. The Bertz CT molecular complexity index is 186. The molecule has 0 atom stereocenters. The first-order chi connectivity index (χ1) is 4.58. The Hall–Kier alpha value is -0.570. The lowest BCUT2D eigenvalue weighted by Gasteiger charge is -2.19. The van der Waals surface area contributed by atoms with Gasteiger partial charge in [0.25, 0.3) is 0 Å². The fraction of sp³-hybridized carbons (Fsp3) is 0.571. The largest absolute Gasteiger partial charge is 0.371 e. The third-order valence-corrected chi connectivity index (χ3v) is 1.62. The SMILES string of the molecule is CC(C)(C)Nc1cncs1. The van der Waals surface area contributed by atoms with Crippen molar-refractivity contribution in [3.8, 4) is 0 Å². The summed E-state index contributed by atoms with van der Waals surface area (Å²) in [5, 5.41) is 4.45. The molecule has 1 rings (SSSR count). The fourth-order valence-electron chi connectivity index (χ4n) is 0.647. The minimum atomic E-state index is 0.145. The number of hydrogen-bond acceptors (Lipinski definition) is 3. The number of rotatable bonds is 1.